The number of thioether (sulfide) groups is 1. The van der Waals surface area contributed by atoms with Crippen LogP contribution in [0.4, 0.5) is 5.69 Å². The lowest BCUT2D eigenvalue weighted by Gasteiger charge is -2.42. The molecular weight excluding hydrogens is 342 g/mol. The Bertz CT molecular complexity index is 790. The zero-order valence-corrected chi connectivity index (χ0v) is 15.1. The van der Waals surface area contributed by atoms with Gasteiger partial charge in [-0.15, -0.1) is 0 Å². The van der Waals surface area contributed by atoms with E-state index in [2.05, 4.69) is 16.8 Å². The number of carbonyl (C=O) groups is 1. The lowest BCUT2D eigenvalue weighted by Crippen LogP contribution is -2.45. The second-order valence-corrected chi connectivity index (χ2v) is 7.20. The number of nitro groups is 1. The predicted octanol–water partition coefficient (Wildman–Crippen LogP) is 3.14. The highest BCUT2D eigenvalue weighted by atomic mass is 32.2. The Morgan fingerprint density at radius 3 is 2.92 bits per heavy atom. The molecular formula is C17H19N3O4S. The third-order valence-electron chi connectivity index (χ3n) is 4.29. The Morgan fingerprint density at radius 1 is 1.48 bits per heavy atom. The first-order chi connectivity index (χ1) is 11.9. The molecule has 1 fully saturated rings. The fourth-order valence-corrected chi connectivity index (χ4v) is 4.25. The van der Waals surface area contributed by atoms with Crippen molar-refractivity contribution < 1.29 is 14.5 Å². The normalized spacial score (nSPS) is 23.0. The SMILES string of the molecule is COC(=O)C1=C(C)N=C2SCC(C)CN2C1c1cccc([N+](=O)[O-])c1. The predicted molar refractivity (Wildman–Crippen MR) is 96.3 cm³/mol. The van der Waals surface area contributed by atoms with Crippen LogP contribution in [0.2, 0.25) is 0 Å². The number of benzene rings is 1. The number of aliphatic imine (C=N–C) groups is 1. The van der Waals surface area contributed by atoms with Gasteiger partial charge in [0, 0.05) is 24.4 Å². The van der Waals surface area contributed by atoms with E-state index in [1.807, 2.05) is 0 Å². The lowest BCUT2D eigenvalue weighted by molar-refractivity contribution is -0.384. The molecule has 0 radical (unpaired) electrons. The number of rotatable bonds is 3. The molecule has 7 nitrogen and oxygen atoms in total. The first-order valence-corrected chi connectivity index (χ1v) is 8.92. The lowest BCUT2D eigenvalue weighted by atomic mass is 9.93. The van der Waals surface area contributed by atoms with Crippen molar-refractivity contribution in [1.29, 1.82) is 0 Å². The number of non-ortho nitro benzene ring substituents is 1. The van der Waals surface area contributed by atoms with E-state index in [9.17, 15) is 14.9 Å². The molecule has 2 heterocycles. The number of hydrogen-bond donors (Lipinski definition) is 0. The van der Waals surface area contributed by atoms with Crippen LogP contribution in [0.25, 0.3) is 0 Å². The number of ether oxygens (including phenoxy) is 1. The molecule has 2 unspecified atom stereocenters. The quantitative estimate of drug-likeness (QED) is 0.467. The van der Waals surface area contributed by atoms with E-state index >= 15 is 0 Å². The van der Waals surface area contributed by atoms with Crippen LogP contribution in [0.15, 0.2) is 40.5 Å². The summed E-state index contributed by atoms with van der Waals surface area (Å²) in [5.41, 5.74) is 1.72. The molecule has 0 spiro atoms. The Morgan fingerprint density at radius 2 is 2.24 bits per heavy atom. The number of carbonyl (C=O) groups excluding carboxylic acids is 1. The van der Waals surface area contributed by atoms with Gasteiger partial charge in [-0.25, -0.2) is 9.79 Å². The van der Waals surface area contributed by atoms with Gasteiger partial charge >= 0.3 is 5.97 Å². The van der Waals surface area contributed by atoms with Crippen molar-refractivity contribution in [2.45, 2.75) is 19.9 Å². The zero-order valence-electron chi connectivity index (χ0n) is 14.3. The molecule has 1 aromatic rings. The highest BCUT2D eigenvalue weighted by Crippen LogP contribution is 2.41. The molecule has 25 heavy (non-hydrogen) atoms. The number of methoxy groups -OCH3 is 1. The smallest absolute Gasteiger partial charge is 0.338 e. The molecule has 1 aromatic carbocycles. The molecule has 2 atom stereocenters. The second kappa shape index (κ2) is 6.87. The molecule has 132 valence electrons. The van der Waals surface area contributed by atoms with Crippen molar-refractivity contribution in [1.82, 2.24) is 4.90 Å². The Hall–Kier alpha value is -2.35. The Balaban J connectivity index is 2.14. The average molecular weight is 361 g/mol. The van der Waals surface area contributed by atoms with E-state index in [1.165, 1.54) is 19.2 Å². The molecule has 3 rings (SSSR count). The van der Waals surface area contributed by atoms with Crippen LogP contribution < -0.4 is 0 Å². The molecule has 2 aliphatic heterocycles. The summed E-state index contributed by atoms with van der Waals surface area (Å²) in [7, 11) is 1.33. The maximum Gasteiger partial charge on any atom is 0.338 e. The van der Waals surface area contributed by atoms with Gasteiger partial charge in [-0.05, 0) is 18.4 Å². The van der Waals surface area contributed by atoms with Gasteiger partial charge in [0.25, 0.3) is 5.69 Å². The average Bonchev–Trinajstić information content (AvgIpc) is 2.60. The van der Waals surface area contributed by atoms with E-state index in [1.54, 1.807) is 30.8 Å². The molecule has 8 heteroatoms. The first kappa shape index (κ1) is 17.5. The maximum absolute atomic E-state index is 12.4. The van der Waals surface area contributed by atoms with E-state index in [-0.39, 0.29) is 5.69 Å². The highest BCUT2D eigenvalue weighted by molar-refractivity contribution is 8.13. The van der Waals surface area contributed by atoms with Crippen molar-refractivity contribution in [3.8, 4) is 0 Å². The fraction of sp³-hybridized carbons (Fsp3) is 0.412. The molecule has 0 N–H and O–H groups in total. The minimum Gasteiger partial charge on any atom is -0.466 e. The standard InChI is InChI=1S/C17H19N3O4S/c1-10-8-19-15(12-5-4-6-13(7-12)20(22)23)14(16(21)24-3)11(2)18-17(19)25-9-10/h4-7,10,15H,8-9H2,1-3H3. The molecule has 0 bridgehead atoms. The van der Waals surface area contributed by atoms with Crippen molar-refractivity contribution in [3.63, 3.8) is 0 Å². The van der Waals surface area contributed by atoms with Crippen LogP contribution in [0.1, 0.15) is 25.5 Å². The van der Waals surface area contributed by atoms with Gasteiger partial charge in [0.05, 0.1) is 29.3 Å². The van der Waals surface area contributed by atoms with Crippen molar-refractivity contribution >= 4 is 28.6 Å². The van der Waals surface area contributed by atoms with Crippen LogP contribution >= 0.6 is 11.8 Å². The monoisotopic (exact) mass is 361 g/mol. The van der Waals surface area contributed by atoms with Crippen molar-refractivity contribution in [2.24, 2.45) is 10.9 Å². The van der Waals surface area contributed by atoms with Gasteiger partial charge in [-0.1, -0.05) is 30.8 Å². The summed E-state index contributed by atoms with van der Waals surface area (Å²) in [5.74, 6) is 0.917. The number of nitro benzene ring substituents is 1. The Labute approximate surface area is 149 Å². The number of allylic oxidation sites excluding steroid dienone is 1. The van der Waals surface area contributed by atoms with Crippen molar-refractivity contribution in [2.75, 3.05) is 19.4 Å². The fourth-order valence-electron chi connectivity index (χ4n) is 3.16. The summed E-state index contributed by atoms with van der Waals surface area (Å²) in [6, 6.07) is 5.98. The summed E-state index contributed by atoms with van der Waals surface area (Å²) >= 11 is 1.65. The van der Waals surface area contributed by atoms with Gasteiger partial charge in [-0.2, -0.15) is 0 Å². The van der Waals surface area contributed by atoms with Gasteiger partial charge in [-0.3, -0.25) is 10.1 Å². The van der Waals surface area contributed by atoms with E-state index < -0.39 is 16.9 Å². The van der Waals surface area contributed by atoms with E-state index in [4.69, 9.17) is 4.74 Å². The molecule has 0 amide bonds. The molecule has 2 aliphatic rings. The summed E-state index contributed by atoms with van der Waals surface area (Å²) in [4.78, 5) is 29.8. The van der Waals surface area contributed by atoms with Gasteiger partial charge < -0.3 is 9.64 Å². The number of hydrogen-bond acceptors (Lipinski definition) is 7. The van der Waals surface area contributed by atoms with Gasteiger partial charge in [0.1, 0.15) is 0 Å². The minimum absolute atomic E-state index is 0.00106. The summed E-state index contributed by atoms with van der Waals surface area (Å²) < 4.78 is 4.96. The number of fused-ring (bicyclic) bond motifs is 1. The summed E-state index contributed by atoms with van der Waals surface area (Å²) in [5, 5.41) is 12.0. The number of amidine groups is 1. The van der Waals surface area contributed by atoms with Crippen molar-refractivity contribution in [3.05, 3.63) is 51.2 Å². The number of esters is 1. The topological polar surface area (TPSA) is 85.0 Å². The van der Waals surface area contributed by atoms with Gasteiger partial charge in [0.2, 0.25) is 0 Å². The van der Waals surface area contributed by atoms with Gasteiger partial charge in [0.15, 0.2) is 5.17 Å². The maximum atomic E-state index is 12.4. The van der Waals surface area contributed by atoms with Crippen LogP contribution in [0.3, 0.4) is 0 Å². The first-order valence-electron chi connectivity index (χ1n) is 7.94. The molecule has 1 saturated heterocycles. The van der Waals surface area contributed by atoms with Crippen LogP contribution in [0.5, 0.6) is 0 Å². The van der Waals surface area contributed by atoms with E-state index in [0.717, 1.165) is 17.5 Å². The van der Waals surface area contributed by atoms with Crippen LogP contribution in [0, 0.1) is 16.0 Å². The van der Waals surface area contributed by atoms with Crippen LogP contribution in [-0.2, 0) is 9.53 Å². The number of nitrogens with zero attached hydrogens (tertiary/aromatic N) is 3. The second-order valence-electron chi connectivity index (χ2n) is 6.21. The molecule has 0 saturated carbocycles. The zero-order chi connectivity index (χ0) is 18.1. The van der Waals surface area contributed by atoms with E-state index in [0.29, 0.717) is 22.8 Å². The molecule has 0 aliphatic carbocycles. The third-order valence-corrected chi connectivity index (χ3v) is 5.61. The highest BCUT2D eigenvalue weighted by Gasteiger charge is 2.39. The molecule has 0 aromatic heterocycles. The summed E-state index contributed by atoms with van der Waals surface area (Å²) in [6.07, 6.45) is 0. The Kier molecular flexibility index (Phi) is 4.80. The largest absolute Gasteiger partial charge is 0.466 e. The van der Waals surface area contributed by atoms with Crippen LogP contribution in [-0.4, -0.2) is 40.4 Å². The summed E-state index contributed by atoms with van der Waals surface area (Å²) in [6.45, 7) is 4.64. The third kappa shape index (κ3) is 3.26. The minimum atomic E-state index is -0.458.